The quantitative estimate of drug-likeness (QED) is 0.856. The average Bonchev–Trinajstić information content (AvgIpc) is 2.43. The molecule has 1 aromatic rings. The van der Waals surface area contributed by atoms with Gasteiger partial charge in [-0.15, -0.1) is 0 Å². The summed E-state index contributed by atoms with van der Waals surface area (Å²) in [6, 6.07) is 5.96. The van der Waals surface area contributed by atoms with Crippen molar-refractivity contribution in [2.45, 2.75) is 39.7 Å². The molecular formula is C17H24N2O. The largest absolute Gasteiger partial charge is 0.339 e. The minimum absolute atomic E-state index is 0.0467. The summed E-state index contributed by atoms with van der Waals surface area (Å²) in [6.07, 6.45) is 2.08. The van der Waals surface area contributed by atoms with E-state index in [-0.39, 0.29) is 11.9 Å². The number of carbonyl (C=O) groups excluding carboxylic acids is 1. The lowest BCUT2D eigenvalue weighted by Crippen LogP contribution is -2.35. The van der Waals surface area contributed by atoms with Gasteiger partial charge >= 0.3 is 0 Å². The van der Waals surface area contributed by atoms with Gasteiger partial charge in [-0.1, -0.05) is 25.2 Å². The van der Waals surface area contributed by atoms with Gasteiger partial charge < -0.3 is 10.6 Å². The van der Waals surface area contributed by atoms with Crippen LogP contribution in [0, 0.1) is 18.8 Å². The summed E-state index contributed by atoms with van der Waals surface area (Å²) in [5.41, 5.74) is 7.95. The average molecular weight is 272 g/mol. The molecule has 3 nitrogen and oxygen atoms in total. The maximum atomic E-state index is 12.5. The predicted molar refractivity (Wildman–Crippen MR) is 83.6 cm³/mol. The van der Waals surface area contributed by atoms with Crippen LogP contribution in [0.4, 0.5) is 0 Å². The highest BCUT2D eigenvalue weighted by molar-refractivity contribution is 5.94. The Labute approximate surface area is 122 Å². The number of rotatable bonds is 4. The Kier molecular flexibility index (Phi) is 6.27. The van der Waals surface area contributed by atoms with E-state index in [4.69, 9.17) is 5.73 Å². The van der Waals surface area contributed by atoms with Gasteiger partial charge in [-0.2, -0.15) is 0 Å². The first-order valence-electron chi connectivity index (χ1n) is 7.07. The third-order valence-electron chi connectivity index (χ3n) is 3.35. The highest BCUT2D eigenvalue weighted by Crippen LogP contribution is 2.14. The number of aryl methyl sites for hydroxylation is 1. The molecule has 1 aromatic carbocycles. The van der Waals surface area contributed by atoms with Crippen LogP contribution in [-0.2, 0) is 0 Å². The highest BCUT2D eigenvalue weighted by atomic mass is 16.2. The Hall–Kier alpha value is -1.79. The van der Waals surface area contributed by atoms with Crippen molar-refractivity contribution in [1.82, 2.24) is 4.90 Å². The van der Waals surface area contributed by atoms with E-state index in [1.54, 1.807) is 4.90 Å². The van der Waals surface area contributed by atoms with Crippen molar-refractivity contribution in [3.8, 4) is 11.8 Å². The van der Waals surface area contributed by atoms with Crippen LogP contribution in [0.1, 0.15) is 48.2 Å². The second-order valence-corrected chi connectivity index (χ2v) is 5.15. The fourth-order valence-electron chi connectivity index (χ4n) is 2.15. The minimum atomic E-state index is 0.0467. The summed E-state index contributed by atoms with van der Waals surface area (Å²) < 4.78 is 0. The molecule has 0 heterocycles. The highest BCUT2D eigenvalue weighted by Gasteiger charge is 2.17. The van der Waals surface area contributed by atoms with Gasteiger partial charge in [0.05, 0.1) is 6.54 Å². The molecule has 1 rings (SSSR count). The molecule has 108 valence electrons. The van der Waals surface area contributed by atoms with Crippen LogP contribution in [0.2, 0.25) is 0 Å². The van der Waals surface area contributed by atoms with Crippen LogP contribution in [0.5, 0.6) is 0 Å². The zero-order valence-corrected chi connectivity index (χ0v) is 12.9. The minimum Gasteiger partial charge on any atom is -0.339 e. The van der Waals surface area contributed by atoms with Crippen LogP contribution in [-0.4, -0.2) is 30.4 Å². The molecule has 0 aliphatic heterocycles. The Morgan fingerprint density at radius 1 is 1.40 bits per heavy atom. The van der Waals surface area contributed by atoms with E-state index in [0.717, 1.165) is 24.0 Å². The lowest BCUT2D eigenvalue weighted by molar-refractivity contribution is 0.0736. The van der Waals surface area contributed by atoms with Crippen molar-refractivity contribution < 1.29 is 4.79 Å². The summed E-state index contributed by atoms with van der Waals surface area (Å²) in [4.78, 5) is 14.3. The normalized spacial score (nSPS) is 11.4. The summed E-state index contributed by atoms with van der Waals surface area (Å²) in [7, 11) is 1.86. The van der Waals surface area contributed by atoms with E-state index < -0.39 is 0 Å². The zero-order chi connectivity index (χ0) is 15.1. The molecule has 1 amide bonds. The number of amides is 1. The first kappa shape index (κ1) is 16.3. The number of hydrogen-bond acceptors (Lipinski definition) is 2. The Morgan fingerprint density at radius 3 is 2.70 bits per heavy atom. The number of nitrogens with zero attached hydrogens (tertiary/aromatic N) is 1. The summed E-state index contributed by atoms with van der Waals surface area (Å²) in [5.74, 6) is 5.86. The lowest BCUT2D eigenvalue weighted by Gasteiger charge is -2.25. The third kappa shape index (κ3) is 4.40. The fourth-order valence-corrected chi connectivity index (χ4v) is 2.15. The monoisotopic (exact) mass is 272 g/mol. The molecule has 1 unspecified atom stereocenters. The second-order valence-electron chi connectivity index (χ2n) is 5.15. The molecule has 20 heavy (non-hydrogen) atoms. The van der Waals surface area contributed by atoms with Crippen LogP contribution in [0.25, 0.3) is 0 Å². The van der Waals surface area contributed by atoms with E-state index in [1.807, 2.05) is 32.2 Å². The Morgan fingerprint density at radius 2 is 2.10 bits per heavy atom. The maximum absolute atomic E-state index is 12.5. The van der Waals surface area contributed by atoms with Gasteiger partial charge in [-0.25, -0.2) is 0 Å². The van der Waals surface area contributed by atoms with Gasteiger partial charge in [0.25, 0.3) is 5.91 Å². The smallest absolute Gasteiger partial charge is 0.253 e. The summed E-state index contributed by atoms with van der Waals surface area (Å²) in [6.45, 7) is 6.50. The van der Waals surface area contributed by atoms with Crippen molar-refractivity contribution in [2.24, 2.45) is 5.73 Å². The Bertz CT molecular complexity index is 526. The van der Waals surface area contributed by atoms with E-state index >= 15 is 0 Å². The number of hydrogen-bond donors (Lipinski definition) is 1. The summed E-state index contributed by atoms with van der Waals surface area (Å²) in [5, 5.41) is 0. The van der Waals surface area contributed by atoms with Gasteiger partial charge in [0.15, 0.2) is 0 Å². The van der Waals surface area contributed by atoms with Crippen molar-refractivity contribution in [1.29, 1.82) is 0 Å². The summed E-state index contributed by atoms with van der Waals surface area (Å²) >= 11 is 0. The van der Waals surface area contributed by atoms with E-state index in [1.165, 1.54) is 0 Å². The Balaban J connectivity index is 3.00. The lowest BCUT2D eigenvalue weighted by atomic mass is 10.0. The molecule has 1 atom stereocenters. The first-order chi connectivity index (χ1) is 9.49. The molecule has 0 aromatic heterocycles. The van der Waals surface area contributed by atoms with Crippen LogP contribution < -0.4 is 5.73 Å². The molecule has 0 radical (unpaired) electrons. The predicted octanol–water partition coefficient (Wildman–Crippen LogP) is 2.57. The third-order valence-corrected chi connectivity index (χ3v) is 3.35. The second kappa shape index (κ2) is 7.72. The van der Waals surface area contributed by atoms with Crippen molar-refractivity contribution >= 4 is 5.91 Å². The number of carbonyl (C=O) groups is 1. The van der Waals surface area contributed by atoms with Crippen LogP contribution in [0.15, 0.2) is 18.2 Å². The topological polar surface area (TPSA) is 46.3 Å². The van der Waals surface area contributed by atoms with Crippen molar-refractivity contribution in [3.05, 3.63) is 34.9 Å². The molecular weight excluding hydrogens is 248 g/mol. The van der Waals surface area contributed by atoms with Crippen LogP contribution in [0.3, 0.4) is 0 Å². The standard InChI is InChI=1S/C17H24N2O/c1-5-7-14(3)19(4)17(20)16-11-13(2)10-15(12-16)8-6-9-18/h10-12,14H,5,7,9,18H2,1-4H3. The zero-order valence-electron chi connectivity index (χ0n) is 12.9. The van der Waals surface area contributed by atoms with Crippen molar-refractivity contribution in [3.63, 3.8) is 0 Å². The maximum Gasteiger partial charge on any atom is 0.253 e. The number of nitrogens with two attached hydrogens (primary N) is 1. The van der Waals surface area contributed by atoms with E-state index in [9.17, 15) is 4.79 Å². The van der Waals surface area contributed by atoms with Gasteiger partial charge in [0.2, 0.25) is 0 Å². The molecule has 0 spiro atoms. The SMILES string of the molecule is CCCC(C)N(C)C(=O)c1cc(C)cc(C#CCN)c1. The van der Waals surface area contributed by atoms with E-state index in [2.05, 4.69) is 25.7 Å². The van der Waals surface area contributed by atoms with Gasteiger partial charge in [0, 0.05) is 24.2 Å². The molecule has 0 aliphatic carbocycles. The molecule has 3 heteroatoms. The molecule has 0 bridgehead atoms. The molecule has 0 aliphatic rings. The van der Waals surface area contributed by atoms with E-state index in [0.29, 0.717) is 12.1 Å². The van der Waals surface area contributed by atoms with Crippen molar-refractivity contribution in [2.75, 3.05) is 13.6 Å². The first-order valence-corrected chi connectivity index (χ1v) is 7.07. The number of benzene rings is 1. The molecule has 2 N–H and O–H groups in total. The molecule has 0 saturated heterocycles. The van der Waals surface area contributed by atoms with Gasteiger partial charge in [0.1, 0.15) is 0 Å². The molecule has 0 saturated carbocycles. The van der Waals surface area contributed by atoms with Gasteiger partial charge in [-0.3, -0.25) is 4.79 Å². The van der Waals surface area contributed by atoms with Gasteiger partial charge in [-0.05, 0) is 44.0 Å². The fraction of sp³-hybridized carbons (Fsp3) is 0.471. The molecule has 0 fully saturated rings. The van der Waals surface area contributed by atoms with Crippen LogP contribution >= 0.6 is 0 Å².